The van der Waals surface area contributed by atoms with Crippen LogP contribution in [0.2, 0.25) is 6.82 Å². The van der Waals surface area contributed by atoms with Crippen LogP contribution in [-0.4, -0.2) is 31.0 Å². The Hall–Kier alpha value is -0.995. The van der Waals surface area contributed by atoms with Crippen LogP contribution >= 0.6 is 0 Å². The number of hydrogen-bond acceptors (Lipinski definition) is 3. The maximum atomic E-state index is 11.8. The van der Waals surface area contributed by atoms with Crippen molar-refractivity contribution in [3.8, 4) is 0 Å². The van der Waals surface area contributed by atoms with Gasteiger partial charge in [0.05, 0.1) is 25.8 Å². The van der Waals surface area contributed by atoms with E-state index in [0.717, 1.165) is 19.3 Å². The smallest absolute Gasteiger partial charge is 0.310 e. The molecular weight excluding hydrogens is 231 g/mol. The number of aliphatic carboxylic acids is 1. The second kappa shape index (κ2) is 9.00. The molecule has 1 aliphatic rings. The van der Waals surface area contributed by atoms with Crippen LogP contribution in [0.15, 0.2) is 0 Å². The lowest BCUT2D eigenvalue weighted by atomic mass is 9.79. The maximum Gasteiger partial charge on any atom is 0.310 e. The van der Waals surface area contributed by atoms with Crippen LogP contribution in [0.5, 0.6) is 0 Å². The van der Waals surface area contributed by atoms with E-state index in [9.17, 15) is 9.59 Å². The number of rotatable bonds is 4. The number of carboxylic acid groups (broad SMARTS) is 1. The largest absolute Gasteiger partial charge is 0.481 e. The van der Waals surface area contributed by atoms with Crippen LogP contribution < -0.4 is 0 Å². The van der Waals surface area contributed by atoms with Crippen molar-refractivity contribution >= 4 is 19.8 Å². The summed E-state index contributed by atoms with van der Waals surface area (Å²) in [4.78, 5) is 22.8. The number of carbonyl (C=O) groups is 2. The minimum atomic E-state index is -0.870. The molecular formula is C13H23BO4. The standard InChI is InChI=1S/C12H20O4.CH3B/c1-3-8(2)16-12(15)10-7-5-4-6-9(10)11(13)14;1-2/h8-10H,3-7H2,1-2H3,(H,13,14);1H3. The van der Waals surface area contributed by atoms with Gasteiger partial charge in [-0.1, -0.05) is 26.6 Å². The molecule has 0 spiro atoms. The molecule has 1 saturated carbocycles. The molecule has 0 saturated heterocycles. The molecule has 0 bridgehead atoms. The summed E-state index contributed by atoms with van der Waals surface area (Å²) >= 11 is 0. The molecule has 3 atom stereocenters. The summed E-state index contributed by atoms with van der Waals surface area (Å²) in [5.41, 5.74) is 0. The molecule has 3 unspecified atom stereocenters. The third-order valence-electron chi connectivity index (χ3n) is 3.28. The van der Waals surface area contributed by atoms with Gasteiger partial charge in [-0.3, -0.25) is 9.59 Å². The molecule has 2 radical (unpaired) electrons. The summed E-state index contributed by atoms with van der Waals surface area (Å²) in [5, 5.41) is 9.04. The normalized spacial score (nSPS) is 24.4. The van der Waals surface area contributed by atoms with Crippen molar-refractivity contribution < 1.29 is 19.4 Å². The van der Waals surface area contributed by atoms with Gasteiger partial charge in [0.25, 0.3) is 0 Å². The molecule has 1 fully saturated rings. The van der Waals surface area contributed by atoms with Crippen molar-refractivity contribution in [3.63, 3.8) is 0 Å². The van der Waals surface area contributed by atoms with Crippen molar-refractivity contribution in [1.82, 2.24) is 0 Å². The van der Waals surface area contributed by atoms with Gasteiger partial charge in [-0.05, 0) is 26.2 Å². The molecule has 0 aromatic carbocycles. The molecule has 0 amide bonds. The molecule has 1 N–H and O–H groups in total. The van der Waals surface area contributed by atoms with Crippen LogP contribution in [-0.2, 0) is 14.3 Å². The average Bonchev–Trinajstić information content (AvgIpc) is 2.40. The quantitative estimate of drug-likeness (QED) is 0.618. The second-order valence-corrected chi connectivity index (χ2v) is 4.49. The Bertz CT molecular complexity index is 268. The van der Waals surface area contributed by atoms with Gasteiger partial charge in [0, 0.05) is 0 Å². The number of carbonyl (C=O) groups excluding carboxylic acids is 1. The SMILES string of the molecule is CCC(C)OC(=O)C1CCCCC1C(=O)O.[B]C. The van der Waals surface area contributed by atoms with Crippen LogP contribution in [0.25, 0.3) is 0 Å². The van der Waals surface area contributed by atoms with E-state index in [-0.39, 0.29) is 12.1 Å². The Morgan fingerprint density at radius 1 is 1.28 bits per heavy atom. The Kier molecular flexibility index (Phi) is 8.51. The lowest BCUT2D eigenvalue weighted by molar-refractivity contribution is -0.163. The molecule has 0 heterocycles. The molecule has 0 aromatic rings. The summed E-state index contributed by atoms with van der Waals surface area (Å²) in [6, 6.07) is 0. The topological polar surface area (TPSA) is 63.6 Å². The first-order valence-corrected chi connectivity index (χ1v) is 6.57. The Morgan fingerprint density at radius 3 is 2.22 bits per heavy atom. The van der Waals surface area contributed by atoms with Gasteiger partial charge < -0.3 is 9.84 Å². The zero-order valence-electron chi connectivity index (χ0n) is 11.5. The lowest BCUT2D eigenvalue weighted by Gasteiger charge is -2.27. The number of esters is 1. The van der Waals surface area contributed by atoms with E-state index in [1.54, 1.807) is 0 Å². The third kappa shape index (κ3) is 5.11. The van der Waals surface area contributed by atoms with Crippen molar-refractivity contribution in [2.24, 2.45) is 11.8 Å². The summed E-state index contributed by atoms with van der Waals surface area (Å²) in [5.74, 6) is -2.20. The molecule has 4 nitrogen and oxygen atoms in total. The van der Waals surface area contributed by atoms with E-state index in [4.69, 9.17) is 9.84 Å². The van der Waals surface area contributed by atoms with Gasteiger partial charge in [-0.15, -0.1) is 0 Å². The molecule has 0 aliphatic heterocycles. The molecule has 18 heavy (non-hydrogen) atoms. The van der Waals surface area contributed by atoms with Crippen molar-refractivity contribution in [2.75, 3.05) is 0 Å². The van der Waals surface area contributed by atoms with Gasteiger partial charge in [0.15, 0.2) is 0 Å². The van der Waals surface area contributed by atoms with Gasteiger partial charge >= 0.3 is 11.9 Å². The highest BCUT2D eigenvalue weighted by atomic mass is 16.5. The monoisotopic (exact) mass is 254 g/mol. The van der Waals surface area contributed by atoms with Gasteiger partial charge in [-0.25, -0.2) is 0 Å². The van der Waals surface area contributed by atoms with E-state index < -0.39 is 17.8 Å². The zero-order chi connectivity index (χ0) is 14.1. The average molecular weight is 254 g/mol. The summed E-state index contributed by atoms with van der Waals surface area (Å²) < 4.78 is 5.22. The number of ether oxygens (including phenoxy) is 1. The molecule has 0 aromatic heterocycles. The summed E-state index contributed by atoms with van der Waals surface area (Å²) in [6.45, 7) is 5.27. The zero-order valence-corrected chi connectivity index (χ0v) is 11.5. The van der Waals surface area contributed by atoms with E-state index in [1.807, 2.05) is 13.8 Å². The van der Waals surface area contributed by atoms with Crippen LogP contribution in [0, 0.1) is 11.8 Å². The minimum Gasteiger partial charge on any atom is -0.481 e. The van der Waals surface area contributed by atoms with Crippen LogP contribution in [0.1, 0.15) is 46.0 Å². The fourth-order valence-electron chi connectivity index (χ4n) is 2.08. The van der Waals surface area contributed by atoms with Crippen LogP contribution in [0.4, 0.5) is 0 Å². The Balaban J connectivity index is 0.00000137. The highest BCUT2D eigenvalue weighted by Gasteiger charge is 2.37. The second-order valence-electron chi connectivity index (χ2n) is 4.49. The first-order chi connectivity index (χ1) is 8.56. The van der Waals surface area contributed by atoms with E-state index >= 15 is 0 Å². The highest BCUT2D eigenvalue weighted by Crippen LogP contribution is 2.31. The first kappa shape index (κ1) is 17.0. The number of hydrogen-bond donors (Lipinski definition) is 1. The molecule has 5 heteroatoms. The van der Waals surface area contributed by atoms with E-state index in [2.05, 4.69) is 7.85 Å². The van der Waals surface area contributed by atoms with Gasteiger partial charge in [0.1, 0.15) is 0 Å². The van der Waals surface area contributed by atoms with E-state index in [1.165, 1.54) is 6.82 Å². The third-order valence-corrected chi connectivity index (χ3v) is 3.28. The fourth-order valence-corrected chi connectivity index (χ4v) is 2.08. The van der Waals surface area contributed by atoms with Gasteiger partial charge in [0.2, 0.25) is 0 Å². The first-order valence-electron chi connectivity index (χ1n) is 6.57. The Labute approximate surface area is 111 Å². The van der Waals surface area contributed by atoms with Crippen molar-refractivity contribution in [1.29, 1.82) is 0 Å². The van der Waals surface area contributed by atoms with E-state index in [0.29, 0.717) is 12.8 Å². The number of carboxylic acids is 1. The van der Waals surface area contributed by atoms with Crippen molar-refractivity contribution in [2.45, 2.75) is 58.9 Å². The van der Waals surface area contributed by atoms with Crippen molar-refractivity contribution in [3.05, 3.63) is 0 Å². The molecule has 1 rings (SSSR count). The van der Waals surface area contributed by atoms with Gasteiger partial charge in [-0.2, -0.15) is 0 Å². The predicted octanol–water partition coefficient (Wildman–Crippen LogP) is 2.42. The lowest BCUT2D eigenvalue weighted by Crippen LogP contribution is -2.35. The molecule has 1 aliphatic carbocycles. The maximum absolute atomic E-state index is 11.8. The predicted molar refractivity (Wildman–Crippen MR) is 70.5 cm³/mol. The minimum absolute atomic E-state index is 0.121. The highest BCUT2D eigenvalue weighted by molar-refractivity contribution is 6.05. The summed E-state index contributed by atoms with van der Waals surface area (Å²) in [6.07, 6.45) is 3.69. The Morgan fingerprint density at radius 2 is 1.78 bits per heavy atom. The summed E-state index contributed by atoms with van der Waals surface area (Å²) in [7, 11) is 4.50. The van der Waals surface area contributed by atoms with Crippen LogP contribution in [0.3, 0.4) is 0 Å². The fraction of sp³-hybridized carbons (Fsp3) is 0.846. The molecule has 102 valence electrons.